The van der Waals surface area contributed by atoms with Gasteiger partial charge < -0.3 is 9.64 Å². The van der Waals surface area contributed by atoms with Gasteiger partial charge >= 0.3 is 0 Å². The zero-order valence-electron chi connectivity index (χ0n) is 17.6. The molecule has 1 amide bonds. The fourth-order valence-electron chi connectivity index (χ4n) is 3.28. The van der Waals surface area contributed by atoms with Gasteiger partial charge in [0.05, 0.1) is 19.1 Å². The Morgan fingerprint density at radius 1 is 0.806 bits per heavy atom. The number of carbonyl (C=O) groups is 1. The SMILES string of the molecule is COc1ccccc1N(CC(=O)N(Cc1ccccc1)Cc1ccccc1)S(C)(=O)=O. The predicted octanol–water partition coefficient (Wildman–Crippen LogP) is 3.69. The first kappa shape index (κ1) is 22.4. The number of para-hydroxylation sites is 2. The molecule has 3 aromatic rings. The minimum atomic E-state index is -3.72. The minimum Gasteiger partial charge on any atom is -0.495 e. The molecule has 0 spiro atoms. The number of sulfonamides is 1. The van der Waals surface area contributed by atoms with E-state index in [1.807, 2.05) is 60.7 Å². The fraction of sp³-hybridized carbons (Fsp3) is 0.208. The van der Waals surface area contributed by atoms with Crippen molar-refractivity contribution in [2.45, 2.75) is 13.1 Å². The molecule has 0 aromatic heterocycles. The molecule has 0 unspecified atom stereocenters. The van der Waals surface area contributed by atoms with Gasteiger partial charge in [-0.25, -0.2) is 8.42 Å². The number of hydrogen-bond acceptors (Lipinski definition) is 4. The monoisotopic (exact) mass is 438 g/mol. The molecule has 0 bridgehead atoms. The molecule has 0 radical (unpaired) electrons. The average Bonchev–Trinajstić information content (AvgIpc) is 2.77. The normalized spacial score (nSPS) is 11.0. The van der Waals surface area contributed by atoms with E-state index < -0.39 is 10.0 Å². The third-order valence-corrected chi connectivity index (χ3v) is 5.94. The Kier molecular flexibility index (Phi) is 7.31. The van der Waals surface area contributed by atoms with E-state index in [4.69, 9.17) is 4.74 Å². The standard InChI is InChI=1S/C24H26N2O4S/c1-30-23-16-10-9-15-22(23)26(31(2,28)29)19-24(27)25(17-20-11-5-3-6-12-20)18-21-13-7-4-8-14-21/h3-16H,17-19H2,1-2H3. The highest BCUT2D eigenvalue weighted by Gasteiger charge is 2.26. The molecular formula is C24H26N2O4S. The molecule has 0 aliphatic rings. The van der Waals surface area contributed by atoms with Crippen molar-refractivity contribution in [3.8, 4) is 5.75 Å². The lowest BCUT2D eigenvalue weighted by Crippen LogP contribution is -2.42. The highest BCUT2D eigenvalue weighted by atomic mass is 32.2. The molecule has 0 N–H and O–H groups in total. The van der Waals surface area contributed by atoms with E-state index in [0.717, 1.165) is 21.7 Å². The van der Waals surface area contributed by atoms with Gasteiger partial charge in [-0.05, 0) is 23.3 Å². The van der Waals surface area contributed by atoms with E-state index in [1.165, 1.54) is 7.11 Å². The molecule has 3 aromatic carbocycles. The quantitative estimate of drug-likeness (QED) is 0.511. The molecule has 0 saturated heterocycles. The van der Waals surface area contributed by atoms with Crippen LogP contribution in [0.5, 0.6) is 5.75 Å². The molecule has 7 heteroatoms. The second kappa shape index (κ2) is 10.1. The first-order valence-electron chi connectivity index (χ1n) is 9.85. The summed E-state index contributed by atoms with van der Waals surface area (Å²) in [5.41, 5.74) is 2.27. The van der Waals surface area contributed by atoms with Crippen molar-refractivity contribution in [2.24, 2.45) is 0 Å². The summed E-state index contributed by atoms with van der Waals surface area (Å²) in [6, 6.07) is 26.0. The lowest BCUT2D eigenvalue weighted by Gasteiger charge is -2.28. The summed E-state index contributed by atoms with van der Waals surface area (Å²) >= 11 is 0. The maximum atomic E-state index is 13.4. The van der Waals surface area contributed by atoms with Crippen molar-refractivity contribution >= 4 is 21.6 Å². The molecular weight excluding hydrogens is 412 g/mol. The van der Waals surface area contributed by atoms with E-state index in [2.05, 4.69) is 0 Å². The van der Waals surface area contributed by atoms with E-state index >= 15 is 0 Å². The highest BCUT2D eigenvalue weighted by molar-refractivity contribution is 7.92. The van der Waals surface area contributed by atoms with Crippen molar-refractivity contribution < 1.29 is 17.9 Å². The number of ether oxygens (including phenoxy) is 1. The Hall–Kier alpha value is -3.32. The summed E-state index contributed by atoms with van der Waals surface area (Å²) in [5, 5.41) is 0. The van der Waals surface area contributed by atoms with Crippen molar-refractivity contribution in [2.75, 3.05) is 24.2 Å². The molecule has 3 rings (SSSR count). The van der Waals surface area contributed by atoms with Gasteiger partial charge in [0.2, 0.25) is 15.9 Å². The van der Waals surface area contributed by atoms with E-state index in [0.29, 0.717) is 24.5 Å². The lowest BCUT2D eigenvalue weighted by atomic mass is 10.1. The second-order valence-electron chi connectivity index (χ2n) is 7.16. The van der Waals surface area contributed by atoms with Crippen LogP contribution in [0.15, 0.2) is 84.9 Å². The molecule has 0 heterocycles. The number of hydrogen-bond donors (Lipinski definition) is 0. The summed E-state index contributed by atoms with van der Waals surface area (Å²) in [5.74, 6) is 0.0856. The van der Waals surface area contributed by atoms with E-state index in [9.17, 15) is 13.2 Å². The topological polar surface area (TPSA) is 66.9 Å². The Bertz CT molecular complexity index is 1060. The molecule has 0 atom stereocenters. The van der Waals surface area contributed by atoms with Crippen LogP contribution in [0.25, 0.3) is 0 Å². The summed E-state index contributed by atoms with van der Waals surface area (Å²) < 4.78 is 31.6. The average molecular weight is 439 g/mol. The Balaban J connectivity index is 1.91. The maximum absolute atomic E-state index is 13.4. The molecule has 0 saturated carbocycles. The molecule has 0 fully saturated rings. The summed E-state index contributed by atoms with van der Waals surface area (Å²) in [6.07, 6.45) is 1.09. The Morgan fingerprint density at radius 2 is 1.29 bits per heavy atom. The van der Waals surface area contributed by atoms with Crippen molar-refractivity contribution in [1.82, 2.24) is 4.90 Å². The predicted molar refractivity (Wildman–Crippen MR) is 122 cm³/mol. The number of benzene rings is 3. The van der Waals surface area contributed by atoms with Crippen molar-refractivity contribution in [3.63, 3.8) is 0 Å². The molecule has 31 heavy (non-hydrogen) atoms. The van der Waals surface area contributed by atoms with Gasteiger partial charge in [-0.3, -0.25) is 9.10 Å². The van der Waals surface area contributed by atoms with Crippen molar-refractivity contribution in [3.05, 3.63) is 96.1 Å². The molecule has 0 aliphatic carbocycles. The Morgan fingerprint density at radius 3 is 1.77 bits per heavy atom. The number of carbonyl (C=O) groups excluding carboxylic acids is 1. The number of nitrogens with zero attached hydrogens (tertiary/aromatic N) is 2. The third kappa shape index (κ3) is 6.08. The molecule has 6 nitrogen and oxygen atoms in total. The second-order valence-corrected chi connectivity index (χ2v) is 9.07. The van der Waals surface area contributed by atoms with Crippen LogP contribution in [0.3, 0.4) is 0 Å². The summed E-state index contributed by atoms with van der Waals surface area (Å²) in [4.78, 5) is 15.0. The first-order chi connectivity index (χ1) is 14.9. The third-order valence-electron chi connectivity index (χ3n) is 4.82. The van der Waals surface area contributed by atoms with Crippen LogP contribution in [0.1, 0.15) is 11.1 Å². The van der Waals surface area contributed by atoms with Gasteiger partial charge in [0, 0.05) is 13.1 Å². The smallest absolute Gasteiger partial charge is 0.243 e. The lowest BCUT2D eigenvalue weighted by molar-refractivity contribution is -0.130. The largest absolute Gasteiger partial charge is 0.495 e. The van der Waals surface area contributed by atoms with E-state index in [1.54, 1.807) is 29.2 Å². The van der Waals surface area contributed by atoms with Crippen LogP contribution >= 0.6 is 0 Å². The number of rotatable bonds is 9. The number of methoxy groups -OCH3 is 1. The Labute approximate surface area is 183 Å². The van der Waals surface area contributed by atoms with Crippen LogP contribution < -0.4 is 9.04 Å². The molecule has 0 aliphatic heterocycles. The summed E-state index contributed by atoms with van der Waals surface area (Å²) in [6.45, 7) is 0.426. The molecule has 162 valence electrons. The van der Waals surface area contributed by atoms with Crippen LogP contribution in [-0.4, -0.2) is 39.1 Å². The maximum Gasteiger partial charge on any atom is 0.243 e. The highest BCUT2D eigenvalue weighted by Crippen LogP contribution is 2.29. The first-order valence-corrected chi connectivity index (χ1v) is 11.7. The van der Waals surface area contributed by atoms with Gasteiger partial charge in [-0.15, -0.1) is 0 Å². The zero-order valence-corrected chi connectivity index (χ0v) is 18.5. The van der Waals surface area contributed by atoms with Gasteiger partial charge in [0.15, 0.2) is 0 Å². The van der Waals surface area contributed by atoms with Crippen molar-refractivity contribution in [1.29, 1.82) is 0 Å². The van der Waals surface area contributed by atoms with Gasteiger partial charge in [0.1, 0.15) is 12.3 Å². The summed E-state index contributed by atoms with van der Waals surface area (Å²) in [7, 11) is -2.25. The minimum absolute atomic E-state index is 0.302. The zero-order chi connectivity index (χ0) is 22.3. The number of anilines is 1. The van der Waals surface area contributed by atoms with Gasteiger partial charge in [0.25, 0.3) is 0 Å². The van der Waals surface area contributed by atoms with Crippen LogP contribution in [0, 0.1) is 0 Å². The van der Waals surface area contributed by atoms with Crippen LogP contribution in [-0.2, 0) is 27.9 Å². The van der Waals surface area contributed by atoms with Gasteiger partial charge in [-0.2, -0.15) is 0 Å². The number of amides is 1. The fourth-order valence-corrected chi connectivity index (χ4v) is 4.13. The van der Waals surface area contributed by atoms with Crippen LogP contribution in [0.4, 0.5) is 5.69 Å². The van der Waals surface area contributed by atoms with E-state index in [-0.39, 0.29) is 12.5 Å². The van der Waals surface area contributed by atoms with Crippen LogP contribution in [0.2, 0.25) is 0 Å². The van der Waals surface area contributed by atoms with Gasteiger partial charge in [-0.1, -0.05) is 72.8 Å².